The molecule has 126 valence electrons. The first kappa shape index (κ1) is 16.1. The smallest absolute Gasteiger partial charge is 0.161 e. The molecule has 0 bridgehead atoms. The van der Waals surface area contributed by atoms with E-state index in [2.05, 4.69) is 27.1 Å². The van der Waals surface area contributed by atoms with Gasteiger partial charge < -0.3 is 9.30 Å². The highest BCUT2D eigenvalue weighted by Gasteiger charge is 2.10. The number of fused-ring (bicyclic) bond motifs is 1. The monoisotopic (exact) mass is 370 g/mol. The zero-order valence-corrected chi connectivity index (χ0v) is 15.1. The number of aromatic nitrogens is 4. The summed E-state index contributed by atoms with van der Waals surface area (Å²) in [6.07, 6.45) is 2.79. The molecule has 0 saturated heterocycles. The van der Waals surface area contributed by atoms with Crippen LogP contribution in [0.3, 0.4) is 0 Å². The third-order valence-electron chi connectivity index (χ3n) is 3.93. The van der Waals surface area contributed by atoms with Crippen molar-refractivity contribution in [3.63, 3.8) is 0 Å². The number of thiazole rings is 1. The lowest BCUT2D eigenvalue weighted by Gasteiger charge is -2.07. The Balaban J connectivity index is 1.45. The predicted octanol–water partition coefficient (Wildman–Crippen LogP) is 4.25. The van der Waals surface area contributed by atoms with Crippen LogP contribution in [0.25, 0.3) is 11.2 Å². The third kappa shape index (κ3) is 3.50. The van der Waals surface area contributed by atoms with Gasteiger partial charge in [-0.05, 0) is 29.8 Å². The molecule has 1 aromatic carbocycles. The Hall–Kier alpha value is -2.44. The Morgan fingerprint density at radius 3 is 2.72 bits per heavy atom. The minimum absolute atomic E-state index is 0.374. The van der Waals surface area contributed by atoms with Gasteiger partial charge in [-0.3, -0.25) is 4.98 Å². The molecule has 3 heterocycles. The van der Waals surface area contributed by atoms with Crippen LogP contribution in [-0.4, -0.2) is 19.5 Å². The Morgan fingerprint density at radius 2 is 1.96 bits per heavy atom. The Bertz CT molecular complexity index is 996. The van der Waals surface area contributed by atoms with Crippen molar-refractivity contribution in [3.05, 3.63) is 69.5 Å². The predicted molar refractivity (Wildman–Crippen MR) is 99.2 cm³/mol. The van der Waals surface area contributed by atoms with Crippen molar-refractivity contribution < 1.29 is 4.74 Å². The zero-order valence-electron chi connectivity index (χ0n) is 13.5. The fraction of sp³-hybridized carbons (Fsp3) is 0.167. The number of imidazole rings is 1. The summed E-state index contributed by atoms with van der Waals surface area (Å²) < 4.78 is 7.77. The van der Waals surface area contributed by atoms with Gasteiger partial charge in [0.1, 0.15) is 28.9 Å². The summed E-state index contributed by atoms with van der Waals surface area (Å²) >= 11 is 7.62. The van der Waals surface area contributed by atoms with Crippen molar-refractivity contribution in [3.8, 4) is 5.75 Å². The van der Waals surface area contributed by atoms with Crippen molar-refractivity contribution in [2.45, 2.75) is 13.0 Å². The van der Waals surface area contributed by atoms with Gasteiger partial charge in [0.15, 0.2) is 5.65 Å². The summed E-state index contributed by atoms with van der Waals surface area (Å²) in [5.74, 6) is 1.62. The van der Waals surface area contributed by atoms with Crippen LogP contribution >= 0.6 is 22.9 Å². The van der Waals surface area contributed by atoms with E-state index in [9.17, 15) is 0 Å². The lowest BCUT2D eigenvalue weighted by Crippen LogP contribution is -2.03. The van der Waals surface area contributed by atoms with Gasteiger partial charge in [0.2, 0.25) is 0 Å². The van der Waals surface area contributed by atoms with E-state index in [4.69, 9.17) is 16.3 Å². The van der Waals surface area contributed by atoms with Gasteiger partial charge in [0.05, 0.1) is 5.51 Å². The molecule has 0 aliphatic carbocycles. The fourth-order valence-corrected chi connectivity index (χ4v) is 3.37. The number of pyridine rings is 1. The first-order valence-corrected chi connectivity index (χ1v) is 9.02. The highest BCUT2D eigenvalue weighted by atomic mass is 35.5. The normalized spacial score (nSPS) is 11.1. The van der Waals surface area contributed by atoms with E-state index in [0.717, 1.165) is 29.2 Å². The molecule has 0 unspecified atom stereocenters. The summed E-state index contributed by atoms with van der Waals surface area (Å²) in [5, 5.41) is 0.458. The second kappa shape index (κ2) is 6.82. The maximum absolute atomic E-state index is 5.95. The van der Waals surface area contributed by atoms with Gasteiger partial charge in [0, 0.05) is 24.5 Å². The Morgan fingerprint density at radius 1 is 1.12 bits per heavy atom. The molecule has 5 nitrogen and oxygen atoms in total. The van der Waals surface area contributed by atoms with Crippen molar-refractivity contribution in [1.29, 1.82) is 0 Å². The number of halogens is 1. The molecular weight excluding hydrogens is 356 g/mol. The van der Waals surface area contributed by atoms with E-state index in [0.29, 0.717) is 11.8 Å². The second-order valence-electron chi connectivity index (χ2n) is 5.64. The van der Waals surface area contributed by atoms with Gasteiger partial charge in [0.25, 0.3) is 0 Å². The van der Waals surface area contributed by atoms with E-state index in [1.165, 1.54) is 10.4 Å². The number of benzene rings is 1. The minimum Gasteiger partial charge on any atom is -0.486 e. The number of hydrogen-bond donors (Lipinski definition) is 0. The average Bonchev–Trinajstić information content (AvgIpc) is 3.23. The molecule has 7 heteroatoms. The SMILES string of the molecule is Cn1c(COc2ccc(Cc3cncs3)cc2)nc2ccc(Cl)nc21. The van der Waals surface area contributed by atoms with E-state index in [1.54, 1.807) is 17.4 Å². The minimum atomic E-state index is 0.374. The van der Waals surface area contributed by atoms with Crippen LogP contribution in [0.4, 0.5) is 0 Å². The summed E-state index contributed by atoms with van der Waals surface area (Å²) in [4.78, 5) is 14.2. The van der Waals surface area contributed by atoms with Crippen LogP contribution in [0.2, 0.25) is 5.15 Å². The third-order valence-corrected chi connectivity index (χ3v) is 4.92. The second-order valence-corrected chi connectivity index (χ2v) is 7.00. The largest absolute Gasteiger partial charge is 0.486 e. The molecule has 0 atom stereocenters. The van der Waals surface area contributed by atoms with Crippen LogP contribution in [0.15, 0.2) is 48.1 Å². The van der Waals surface area contributed by atoms with E-state index < -0.39 is 0 Å². The van der Waals surface area contributed by atoms with Crippen LogP contribution in [-0.2, 0) is 20.1 Å². The van der Waals surface area contributed by atoms with Crippen LogP contribution < -0.4 is 4.74 Å². The molecule has 0 fully saturated rings. The molecule has 0 saturated carbocycles. The van der Waals surface area contributed by atoms with Crippen molar-refractivity contribution in [2.24, 2.45) is 7.05 Å². The summed E-state index contributed by atoms with van der Waals surface area (Å²) in [5.41, 5.74) is 4.65. The lowest BCUT2D eigenvalue weighted by atomic mass is 10.1. The molecule has 0 aliphatic heterocycles. The molecule has 4 rings (SSSR count). The maximum atomic E-state index is 5.95. The molecule has 0 amide bonds. The Kier molecular flexibility index (Phi) is 4.38. The van der Waals surface area contributed by atoms with Gasteiger partial charge >= 0.3 is 0 Å². The summed E-state index contributed by atoms with van der Waals surface area (Å²) in [6.45, 7) is 0.374. The Labute approximate surface area is 153 Å². The quantitative estimate of drug-likeness (QED) is 0.493. The summed E-state index contributed by atoms with van der Waals surface area (Å²) in [7, 11) is 1.91. The van der Waals surface area contributed by atoms with Gasteiger partial charge in [-0.25, -0.2) is 9.97 Å². The summed E-state index contributed by atoms with van der Waals surface area (Å²) in [6, 6.07) is 11.7. The van der Waals surface area contributed by atoms with Gasteiger partial charge in [-0.15, -0.1) is 11.3 Å². The van der Waals surface area contributed by atoms with Crippen LogP contribution in [0.5, 0.6) is 5.75 Å². The van der Waals surface area contributed by atoms with Gasteiger partial charge in [-0.2, -0.15) is 0 Å². The van der Waals surface area contributed by atoms with Crippen molar-refractivity contribution in [2.75, 3.05) is 0 Å². The number of nitrogens with zero attached hydrogens (tertiary/aromatic N) is 4. The van der Waals surface area contributed by atoms with E-state index >= 15 is 0 Å². The number of hydrogen-bond acceptors (Lipinski definition) is 5. The average molecular weight is 371 g/mol. The van der Waals surface area contributed by atoms with Crippen LogP contribution in [0.1, 0.15) is 16.3 Å². The van der Waals surface area contributed by atoms with E-state index in [-0.39, 0.29) is 0 Å². The molecule has 25 heavy (non-hydrogen) atoms. The molecular formula is C18H15ClN4OS. The molecule has 0 aliphatic rings. The highest BCUT2D eigenvalue weighted by molar-refractivity contribution is 7.09. The standard InChI is InChI=1S/C18H15ClN4OS/c1-23-17(21-15-6-7-16(19)22-18(15)23)10-24-13-4-2-12(3-5-13)8-14-9-20-11-25-14/h2-7,9,11H,8,10H2,1H3. The molecule has 0 radical (unpaired) electrons. The zero-order chi connectivity index (χ0) is 17.2. The first-order chi connectivity index (χ1) is 12.2. The van der Waals surface area contributed by atoms with Gasteiger partial charge in [-0.1, -0.05) is 23.7 Å². The first-order valence-electron chi connectivity index (χ1n) is 7.76. The molecule has 4 aromatic rings. The number of rotatable bonds is 5. The van der Waals surface area contributed by atoms with Crippen molar-refractivity contribution >= 4 is 34.1 Å². The topological polar surface area (TPSA) is 52.8 Å². The molecule has 0 N–H and O–H groups in total. The van der Waals surface area contributed by atoms with Crippen molar-refractivity contribution in [1.82, 2.24) is 19.5 Å². The number of aryl methyl sites for hydroxylation is 1. The number of ether oxygens (including phenoxy) is 1. The lowest BCUT2D eigenvalue weighted by molar-refractivity contribution is 0.292. The van der Waals surface area contributed by atoms with Crippen LogP contribution in [0, 0.1) is 0 Å². The van der Waals surface area contributed by atoms with E-state index in [1.807, 2.05) is 41.5 Å². The fourth-order valence-electron chi connectivity index (χ4n) is 2.60. The maximum Gasteiger partial charge on any atom is 0.161 e. The highest BCUT2D eigenvalue weighted by Crippen LogP contribution is 2.20. The molecule has 0 spiro atoms. The molecule has 3 aromatic heterocycles.